The summed E-state index contributed by atoms with van der Waals surface area (Å²) in [6.07, 6.45) is 4.79. The lowest BCUT2D eigenvalue weighted by Gasteiger charge is -2.37. The molecule has 2 fully saturated rings. The number of carbonyl (C=O) groups excluding carboxylic acids is 2. The van der Waals surface area contributed by atoms with E-state index in [1.165, 1.54) is 12.8 Å². The van der Waals surface area contributed by atoms with E-state index in [4.69, 9.17) is 0 Å². The number of hydrogen-bond donors (Lipinski definition) is 3. The summed E-state index contributed by atoms with van der Waals surface area (Å²) in [7, 11) is 0. The van der Waals surface area contributed by atoms with Crippen molar-refractivity contribution in [3.05, 3.63) is 28.7 Å². The molecule has 2 aliphatic rings. The van der Waals surface area contributed by atoms with Crippen molar-refractivity contribution in [2.24, 2.45) is 0 Å². The van der Waals surface area contributed by atoms with Gasteiger partial charge < -0.3 is 16.0 Å². The van der Waals surface area contributed by atoms with Crippen LogP contribution in [0.3, 0.4) is 0 Å². The molecular formula is C16H21BrN3O2+. The fraction of sp³-hybridized carbons (Fsp3) is 0.500. The number of benzene rings is 1. The Bertz CT molecular complexity index is 561. The highest BCUT2D eigenvalue weighted by molar-refractivity contribution is 9.10. The number of piperazine rings is 1. The predicted molar refractivity (Wildman–Crippen MR) is 87.3 cm³/mol. The van der Waals surface area contributed by atoms with Gasteiger partial charge in [0.05, 0.1) is 12.5 Å². The molecule has 6 heteroatoms. The second-order valence-corrected chi connectivity index (χ2v) is 7.04. The van der Waals surface area contributed by atoms with Crippen LogP contribution in [0.25, 0.3) is 0 Å². The Hall–Kier alpha value is -1.40. The number of nitrogens with one attached hydrogen (secondary N) is 2. The highest BCUT2D eigenvalue weighted by Gasteiger charge is 2.40. The summed E-state index contributed by atoms with van der Waals surface area (Å²) in [5, 5.41) is 8.04. The molecule has 0 aromatic heterocycles. The molecule has 1 aromatic rings. The van der Waals surface area contributed by atoms with Crippen LogP contribution >= 0.6 is 15.9 Å². The zero-order chi connectivity index (χ0) is 15.5. The van der Waals surface area contributed by atoms with Crippen LogP contribution in [0.1, 0.15) is 32.1 Å². The van der Waals surface area contributed by atoms with Crippen molar-refractivity contribution < 1.29 is 14.9 Å². The average Bonchev–Trinajstić information content (AvgIpc) is 2.50. The lowest BCUT2D eigenvalue weighted by molar-refractivity contribution is -0.718. The van der Waals surface area contributed by atoms with Crippen LogP contribution in [-0.4, -0.2) is 29.9 Å². The molecule has 3 atom stereocenters. The maximum absolute atomic E-state index is 12.2. The van der Waals surface area contributed by atoms with E-state index in [9.17, 15) is 9.59 Å². The van der Waals surface area contributed by atoms with Crippen molar-refractivity contribution >= 4 is 33.4 Å². The highest BCUT2D eigenvalue weighted by Crippen LogP contribution is 2.19. The summed E-state index contributed by atoms with van der Waals surface area (Å²) in [6, 6.07) is 7.83. The van der Waals surface area contributed by atoms with Crippen LogP contribution in [0.4, 0.5) is 5.69 Å². The average molecular weight is 367 g/mol. The lowest BCUT2D eigenvalue weighted by atomic mass is 9.87. The van der Waals surface area contributed by atoms with Crippen LogP contribution in [0.5, 0.6) is 0 Å². The molecule has 118 valence electrons. The molecule has 0 unspecified atom stereocenters. The van der Waals surface area contributed by atoms with Crippen LogP contribution in [0.2, 0.25) is 0 Å². The Morgan fingerprint density at radius 3 is 2.77 bits per heavy atom. The second kappa shape index (κ2) is 6.79. The minimum absolute atomic E-state index is 0.00546. The van der Waals surface area contributed by atoms with Crippen LogP contribution in [-0.2, 0) is 9.59 Å². The molecule has 4 N–H and O–H groups in total. The molecular weight excluding hydrogens is 346 g/mol. The van der Waals surface area contributed by atoms with E-state index in [0.29, 0.717) is 6.04 Å². The van der Waals surface area contributed by atoms with E-state index in [2.05, 4.69) is 31.9 Å². The van der Waals surface area contributed by atoms with Gasteiger partial charge in [-0.15, -0.1) is 0 Å². The Morgan fingerprint density at radius 1 is 1.27 bits per heavy atom. The van der Waals surface area contributed by atoms with Crippen molar-refractivity contribution in [2.75, 3.05) is 5.32 Å². The lowest BCUT2D eigenvalue weighted by Crippen LogP contribution is -3.03. The molecule has 1 saturated carbocycles. The van der Waals surface area contributed by atoms with Gasteiger partial charge in [-0.1, -0.05) is 22.4 Å². The van der Waals surface area contributed by atoms with Crippen molar-refractivity contribution in [1.29, 1.82) is 0 Å². The second-order valence-electron chi connectivity index (χ2n) is 6.12. The van der Waals surface area contributed by atoms with Crippen LogP contribution < -0.4 is 16.0 Å². The van der Waals surface area contributed by atoms with E-state index in [1.807, 2.05) is 24.3 Å². The zero-order valence-electron chi connectivity index (χ0n) is 12.3. The zero-order valence-corrected chi connectivity index (χ0v) is 13.9. The SMILES string of the molecule is O=C(C[C@@H]1[NH2+][C@H]2CCCC[C@H]2NC1=O)Nc1ccc(Br)cc1. The summed E-state index contributed by atoms with van der Waals surface area (Å²) in [6.45, 7) is 0. The van der Waals surface area contributed by atoms with Gasteiger partial charge in [-0.3, -0.25) is 9.59 Å². The molecule has 1 aromatic carbocycles. The number of carbonyl (C=O) groups is 2. The molecule has 0 radical (unpaired) electrons. The summed E-state index contributed by atoms with van der Waals surface area (Å²) >= 11 is 3.36. The summed E-state index contributed by atoms with van der Waals surface area (Å²) in [5.74, 6) is -0.123. The fourth-order valence-corrected chi connectivity index (χ4v) is 3.61. The van der Waals surface area contributed by atoms with Gasteiger partial charge in [0.1, 0.15) is 6.04 Å². The summed E-state index contributed by atoms with van der Waals surface area (Å²) < 4.78 is 0.967. The van der Waals surface area contributed by atoms with Gasteiger partial charge in [-0.2, -0.15) is 0 Å². The summed E-state index contributed by atoms with van der Waals surface area (Å²) in [5.41, 5.74) is 0.750. The van der Waals surface area contributed by atoms with Gasteiger partial charge in [0.15, 0.2) is 6.04 Å². The maximum Gasteiger partial charge on any atom is 0.279 e. The van der Waals surface area contributed by atoms with E-state index in [1.54, 1.807) is 0 Å². The fourth-order valence-electron chi connectivity index (χ4n) is 3.35. The molecule has 22 heavy (non-hydrogen) atoms. The van der Waals surface area contributed by atoms with Crippen LogP contribution in [0, 0.1) is 0 Å². The predicted octanol–water partition coefficient (Wildman–Crippen LogP) is 1.15. The largest absolute Gasteiger partial charge is 0.342 e. The van der Waals surface area contributed by atoms with Gasteiger partial charge in [-0.05, 0) is 37.1 Å². The first-order valence-electron chi connectivity index (χ1n) is 7.82. The minimum atomic E-state index is -0.310. The van der Waals surface area contributed by atoms with Gasteiger partial charge in [-0.25, -0.2) is 0 Å². The van der Waals surface area contributed by atoms with E-state index in [0.717, 1.165) is 23.0 Å². The maximum atomic E-state index is 12.2. The molecule has 3 rings (SSSR count). The third kappa shape index (κ3) is 3.67. The number of fused-ring (bicyclic) bond motifs is 1. The van der Waals surface area contributed by atoms with Gasteiger partial charge in [0.2, 0.25) is 5.91 Å². The van der Waals surface area contributed by atoms with E-state index >= 15 is 0 Å². The quantitative estimate of drug-likeness (QED) is 0.750. The van der Waals surface area contributed by atoms with E-state index in [-0.39, 0.29) is 30.3 Å². The molecule has 0 bridgehead atoms. The molecule has 1 saturated heterocycles. The highest BCUT2D eigenvalue weighted by atomic mass is 79.9. The number of halogens is 1. The molecule has 1 aliphatic carbocycles. The van der Waals surface area contributed by atoms with Crippen molar-refractivity contribution in [2.45, 2.75) is 50.2 Å². The number of nitrogens with two attached hydrogens (primary N) is 1. The molecule has 2 amide bonds. The number of quaternary nitrogens is 1. The Labute approximate surface area is 138 Å². The van der Waals surface area contributed by atoms with Crippen molar-refractivity contribution in [1.82, 2.24) is 5.32 Å². The number of hydrogen-bond acceptors (Lipinski definition) is 2. The van der Waals surface area contributed by atoms with Crippen molar-refractivity contribution in [3.63, 3.8) is 0 Å². The number of rotatable bonds is 3. The first-order valence-corrected chi connectivity index (χ1v) is 8.62. The van der Waals surface area contributed by atoms with Crippen LogP contribution in [0.15, 0.2) is 28.7 Å². The third-order valence-electron chi connectivity index (χ3n) is 4.50. The van der Waals surface area contributed by atoms with Gasteiger partial charge >= 0.3 is 0 Å². The first kappa shape index (κ1) is 15.5. The molecule has 1 aliphatic heterocycles. The number of anilines is 1. The van der Waals surface area contributed by atoms with Gasteiger partial charge in [0.25, 0.3) is 5.91 Å². The van der Waals surface area contributed by atoms with Crippen molar-refractivity contribution in [3.8, 4) is 0 Å². The Balaban J connectivity index is 1.56. The van der Waals surface area contributed by atoms with E-state index < -0.39 is 0 Å². The topological polar surface area (TPSA) is 74.8 Å². The Morgan fingerprint density at radius 2 is 2.00 bits per heavy atom. The monoisotopic (exact) mass is 366 g/mol. The van der Waals surface area contributed by atoms with Gasteiger partial charge in [0, 0.05) is 16.6 Å². The molecule has 5 nitrogen and oxygen atoms in total. The normalized spacial score (nSPS) is 27.7. The Kier molecular flexibility index (Phi) is 4.78. The minimum Gasteiger partial charge on any atom is -0.342 e. The summed E-state index contributed by atoms with van der Waals surface area (Å²) in [4.78, 5) is 24.3. The molecule has 1 heterocycles. The standard InChI is InChI=1S/C16H20BrN3O2/c17-10-5-7-11(8-6-10)18-15(21)9-14-16(22)20-13-4-2-1-3-12(13)19-14/h5-8,12-14,19H,1-4,9H2,(H,18,21)(H,20,22)/p+1/t12-,13+,14-/m0/s1. The third-order valence-corrected chi connectivity index (χ3v) is 5.03. The number of amides is 2. The molecule has 0 spiro atoms. The first-order chi connectivity index (χ1) is 10.6. The smallest absolute Gasteiger partial charge is 0.279 e.